The molecule has 0 aliphatic carbocycles. The second kappa shape index (κ2) is 3.45. The van der Waals surface area contributed by atoms with Gasteiger partial charge in [-0.25, -0.2) is 9.18 Å². The van der Waals surface area contributed by atoms with Gasteiger partial charge in [-0.2, -0.15) is 0 Å². The standard InChI is InChI=1S/C11H11FN2O2/c12-7-3-4-8-9(6-7)14(11(15)13-8)10-2-1-5-16-10/h3-4,6,10H,1-2,5H2,(H,13,15). The highest BCUT2D eigenvalue weighted by atomic mass is 19.1. The number of aromatic amines is 1. The first-order chi connectivity index (χ1) is 7.75. The molecule has 1 N–H and O–H groups in total. The highest BCUT2D eigenvalue weighted by Gasteiger charge is 2.21. The summed E-state index contributed by atoms with van der Waals surface area (Å²) in [5.41, 5.74) is 0.964. The molecule has 1 fully saturated rings. The van der Waals surface area contributed by atoms with Crippen LogP contribution in [0.3, 0.4) is 0 Å². The minimum absolute atomic E-state index is 0.243. The molecule has 1 aliphatic heterocycles. The Morgan fingerprint density at radius 2 is 2.38 bits per heavy atom. The third-order valence-corrected chi connectivity index (χ3v) is 2.87. The smallest absolute Gasteiger partial charge is 0.328 e. The Hall–Kier alpha value is -1.62. The van der Waals surface area contributed by atoms with Crippen molar-refractivity contribution < 1.29 is 9.13 Å². The number of nitrogens with zero attached hydrogens (tertiary/aromatic N) is 1. The number of fused-ring (bicyclic) bond motifs is 1. The largest absolute Gasteiger partial charge is 0.358 e. The summed E-state index contributed by atoms with van der Waals surface area (Å²) in [4.78, 5) is 14.4. The summed E-state index contributed by atoms with van der Waals surface area (Å²) in [6.45, 7) is 0.652. The van der Waals surface area contributed by atoms with Gasteiger partial charge >= 0.3 is 5.69 Å². The lowest BCUT2D eigenvalue weighted by atomic mass is 10.3. The van der Waals surface area contributed by atoms with Crippen LogP contribution in [0.4, 0.5) is 4.39 Å². The lowest BCUT2D eigenvalue weighted by Crippen LogP contribution is -2.21. The van der Waals surface area contributed by atoms with Gasteiger partial charge in [0.25, 0.3) is 0 Å². The molecule has 0 spiro atoms. The quantitative estimate of drug-likeness (QED) is 0.799. The fourth-order valence-corrected chi connectivity index (χ4v) is 2.14. The molecule has 0 radical (unpaired) electrons. The van der Waals surface area contributed by atoms with Gasteiger partial charge in [-0.05, 0) is 31.0 Å². The molecular weight excluding hydrogens is 211 g/mol. The topological polar surface area (TPSA) is 47.0 Å². The Bertz CT molecular complexity index is 581. The van der Waals surface area contributed by atoms with Gasteiger partial charge in [0.1, 0.15) is 12.0 Å². The molecule has 5 heteroatoms. The Kier molecular flexibility index (Phi) is 2.07. The number of hydrogen-bond donors (Lipinski definition) is 1. The predicted molar refractivity (Wildman–Crippen MR) is 56.7 cm³/mol. The van der Waals surface area contributed by atoms with Crippen molar-refractivity contribution in [1.29, 1.82) is 0 Å². The van der Waals surface area contributed by atoms with Crippen molar-refractivity contribution in [3.63, 3.8) is 0 Å². The predicted octanol–water partition coefficient (Wildman–Crippen LogP) is 1.78. The zero-order valence-electron chi connectivity index (χ0n) is 8.57. The fraction of sp³-hybridized carbons (Fsp3) is 0.364. The summed E-state index contributed by atoms with van der Waals surface area (Å²) < 4.78 is 20.1. The SMILES string of the molecule is O=c1[nH]c2ccc(F)cc2n1C1CCCO1. The molecule has 0 saturated carbocycles. The molecule has 1 aromatic heterocycles. The van der Waals surface area contributed by atoms with Crippen molar-refractivity contribution in [3.8, 4) is 0 Å². The summed E-state index contributed by atoms with van der Waals surface area (Å²) in [7, 11) is 0. The molecular formula is C11H11FN2O2. The number of aromatic nitrogens is 2. The molecule has 3 rings (SSSR count). The van der Waals surface area contributed by atoms with Gasteiger partial charge in [0.05, 0.1) is 11.0 Å². The average Bonchev–Trinajstić information content (AvgIpc) is 2.83. The molecule has 1 aliphatic rings. The zero-order valence-corrected chi connectivity index (χ0v) is 8.57. The van der Waals surface area contributed by atoms with Gasteiger partial charge in [-0.1, -0.05) is 0 Å². The third-order valence-electron chi connectivity index (χ3n) is 2.87. The van der Waals surface area contributed by atoms with Crippen LogP contribution in [0.1, 0.15) is 19.1 Å². The molecule has 4 nitrogen and oxygen atoms in total. The van der Waals surface area contributed by atoms with E-state index >= 15 is 0 Å². The fourth-order valence-electron chi connectivity index (χ4n) is 2.14. The molecule has 1 saturated heterocycles. The Morgan fingerprint density at radius 1 is 1.50 bits per heavy atom. The van der Waals surface area contributed by atoms with Crippen molar-refractivity contribution in [1.82, 2.24) is 9.55 Å². The number of ether oxygens (including phenoxy) is 1. The van der Waals surface area contributed by atoms with Crippen LogP contribution in [0.5, 0.6) is 0 Å². The Morgan fingerprint density at radius 3 is 3.12 bits per heavy atom. The molecule has 2 aromatic rings. The van der Waals surface area contributed by atoms with E-state index in [4.69, 9.17) is 4.74 Å². The second-order valence-corrected chi connectivity index (χ2v) is 3.93. The molecule has 0 bridgehead atoms. The van der Waals surface area contributed by atoms with E-state index in [1.165, 1.54) is 16.7 Å². The van der Waals surface area contributed by atoms with Crippen molar-refractivity contribution in [2.24, 2.45) is 0 Å². The molecule has 1 aromatic carbocycles. The lowest BCUT2D eigenvalue weighted by Gasteiger charge is -2.10. The molecule has 2 heterocycles. The number of benzene rings is 1. The van der Waals surface area contributed by atoms with Gasteiger partial charge < -0.3 is 9.72 Å². The summed E-state index contributed by atoms with van der Waals surface area (Å²) in [6, 6.07) is 4.25. The van der Waals surface area contributed by atoms with E-state index in [0.29, 0.717) is 17.6 Å². The minimum atomic E-state index is -0.349. The number of rotatable bonds is 1. The highest BCUT2D eigenvalue weighted by Crippen LogP contribution is 2.25. The van der Waals surface area contributed by atoms with Gasteiger partial charge in [-0.3, -0.25) is 4.57 Å². The van der Waals surface area contributed by atoms with E-state index in [1.54, 1.807) is 6.07 Å². The van der Waals surface area contributed by atoms with Gasteiger partial charge in [0.15, 0.2) is 0 Å². The maximum Gasteiger partial charge on any atom is 0.328 e. The van der Waals surface area contributed by atoms with Crippen molar-refractivity contribution >= 4 is 11.0 Å². The number of nitrogens with one attached hydrogen (secondary N) is 1. The second-order valence-electron chi connectivity index (χ2n) is 3.93. The van der Waals surface area contributed by atoms with E-state index in [2.05, 4.69) is 4.98 Å². The van der Waals surface area contributed by atoms with Crippen molar-refractivity contribution in [2.45, 2.75) is 19.1 Å². The van der Waals surface area contributed by atoms with Crippen LogP contribution in [0.15, 0.2) is 23.0 Å². The first-order valence-corrected chi connectivity index (χ1v) is 5.27. The van der Waals surface area contributed by atoms with E-state index in [-0.39, 0.29) is 17.7 Å². The number of imidazole rings is 1. The first-order valence-electron chi connectivity index (χ1n) is 5.27. The van der Waals surface area contributed by atoms with Crippen molar-refractivity contribution in [2.75, 3.05) is 6.61 Å². The minimum Gasteiger partial charge on any atom is -0.358 e. The van der Waals surface area contributed by atoms with Crippen LogP contribution in [0.2, 0.25) is 0 Å². The lowest BCUT2D eigenvalue weighted by molar-refractivity contribution is 0.0573. The van der Waals surface area contributed by atoms with Gasteiger partial charge in [-0.15, -0.1) is 0 Å². The maximum atomic E-state index is 13.1. The number of hydrogen-bond acceptors (Lipinski definition) is 2. The van der Waals surface area contributed by atoms with Crippen LogP contribution in [-0.2, 0) is 4.74 Å². The van der Waals surface area contributed by atoms with E-state index in [1.807, 2.05) is 0 Å². The maximum absolute atomic E-state index is 13.1. The van der Waals surface area contributed by atoms with Gasteiger partial charge in [0, 0.05) is 6.61 Å². The Labute approximate surface area is 90.6 Å². The van der Waals surface area contributed by atoms with Gasteiger partial charge in [0.2, 0.25) is 0 Å². The van der Waals surface area contributed by atoms with Crippen LogP contribution in [0, 0.1) is 5.82 Å². The molecule has 0 amide bonds. The highest BCUT2D eigenvalue weighted by molar-refractivity contribution is 5.75. The first kappa shape index (κ1) is 9.59. The van der Waals surface area contributed by atoms with E-state index < -0.39 is 0 Å². The summed E-state index contributed by atoms with van der Waals surface area (Å²) in [5.74, 6) is -0.349. The summed E-state index contributed by atoms with van der Waals surface area (Å²) >= 11 is 0. The molecule has 84 valence electrons. The van der Waals surface area contributed by atoms with Crippen LogP contribution in [0.25, 0.3) is 11.0 Å². The molecule has 1 unspecified atom stereocenters. The van der Waals surface area contributed by atoms with Crippen LogP contribution in [-0.4, -0.2) is 16.2 Å². The summed E-state index contributed by atoms with van der Waals surface area (Å²) in [5, 5.41) is 0. The average molecular weight is 222 g/mol. The molecule has 1 atom stereocenters. The normalized spacial score (nSPS) is 20.7. The zero-order chi connectivity index (χ0) is 11.1. The number of H-pyrrole nitrogens is 1. The number of halogens is 1. The monoisotopic (exact) mass is 222 g/mol. The van der Waals surface area contributed by atoms with E-state index in [0.717, 1.165) is 12.8 Å². The summed E-state index contributed by atoms with van der Waals surface area (Å²) in [6.07, 6.45) is 1.46. The van der Waals surface area contributed by atoms with Crippen molar-refractivity contribution in [3.05, 3.63) is 34.5 Å². The third kappa shape index (κ3) is 1.36. The van der Waals surface area contributed by atoms with Crippen LogP contribution < -0.4 is 5.69 Å². The Balaban J connectivity index is 2.25. The van der Waals surface area contributed by atoms with E-state index in [9.17, 15) is 9.18 Å². The van der Waals surface area contributed by atoms with Crippen LogP contribution >= 0.6 is 0 Å². The molecule has 16 heavy (non-hydrogen) atoms.